The number of alkyl halides is 3. The summed E-state index contributed by atoms with van der Waals surface area (Å²) in [4.78, 5) is 0. The van der Waals surface area contributed by atoms with Gasteiger partial charge in [-0.25, -0.2) is 0 Å². The summed E-state index contributed by atoms with van der Waals surface area (Å²) < 4.78 is 42.8. The second kappa shape index (κ2) is 6.61. The molecule has 4 atom stereocenters. The van der Waals surface area contributed by atoms with E-state index in [9.17, 15) is 23.4 Å². The summed E-state index contributed by atoms with van der Waals surface area (Å²) in [6, 6.07) is 4.44. The fraction of sp³-hybridized carbons (Fsp3) is 0.462. The largest absolute Gasteiger partial charge is 0.416 e. The Labute approximate surface area is 123 Å². The lowest BCUT2D eigenvalue weighted by Gasteiger charge is -2.10. The topological polar surface area (TPSA) is 94.3 Å². The molecule has 0 radical (unpaired) electrons. The minimum absolute atomic E-state index is 0.109. The fourth-order valence-corrected chi connectivity index (χ4v) is 2.00. The van der Waals surface area contributed by atoms with Gasteiger partial charge in [0, 0.05) is 0 Å². The Balaban J connectivity index is 1.99. The minimum Gasteiger partial charge on any atom is -0.394 e. The van der Waals surface area contributed by atoms with Crippen molar-refractivity contribution in [3.63, 3.8) is 0 Å². The Morgan fingerprint density at radius 1 is 1.27 bits per heavy atom. The highest BCUT2D eigenvalue weighted by Gasteiger charge is 2.41. The molecule has 1 aliphatic rings. The van der Waals surface area contributed by atoms with E-state index in [-0.39, 0.29) is 5.69 Å². The van der Waals surface area contributed by atoms with Crippen LogP contribution in [0.15, 0.2) is 29.4 Å². The van der Waals surface area contributed by atoms with Gasteiger partial charge in [-0.2, -0.15) is 18.3 Å². The van der Waals surface area contributed by atoms with Crippen LogP contribution in [-0.2, 0) is 10.9 Å². The fourth-order valence-electron chi connectivity index (χ4n) is 2.00. The zero-order valence-electron chi connectivity index (χ0n) is 11.2. The van der Waals surface area contributed by atoms with E-state index in [1.165, 1.54) is 12.1 Å². The molecule has 122 valence electrons. The maximum absolute atomic E-state index is 12.5. The Bertz CT molecular complexity index is 538. The average molecular weight is 320 g/mol. The van der Waals surface area contributed by atoms with Crippen LogP contribution in [0.5, 0.6) is 0 Å². The van der Waals surface area contributed by atoms with Gasteiger partial charge >= 0.3 is 6.18 Å². The summed E-state index contributed by atoms with van der Waals surface area (Å²) in [6.07, 6.45) is -7.77. The van der Waals surface area contributed by atoms with Gasteiger partial charge in [0.1, 0.15) is 24.4 Å². The second-order valence-corrected chi connectivity index (χ2v) is 4.77. The maximum atomic E-state index is 12.5. The Hall–Kier alpha value is -1.68. The summed E-state index contributed by atoms with van der Waals surface area (Å²) in [5.74, 6) is 0. The van der Waals surface area contributed by atoms with Crippen molar-refractivity contribution in [1.82, 2.24) is 0 Å². The van der Waals surface area contributed by atoms with Crippen molar-refractivity contribution in [2.45, 2.75) is 30.6 Å². The Kier molecular flexibility index (Phi) is 5.01. The summed E-state index contributed by atoms with van der Waals surface area (Å²) in [6.45, 7) is -0.469. The highest BCUT2D eigenvalue weighted by atomic mass is 19.4. The van der Waals surface area contributed by atoms with E-state index in [1.54, 1.807) is 0 Å². The SMILES string of the molecule is OC[C@H]1O[C@H](/C=N/Nc2cccc(C(F)(F)F)c2)[C@@H](O)[C@@H]1O. The molecule has 4 N–H and O–H groups in total. The number of nitrogens with zero attached hydrogens (tertiary/aromatic N) is 1. The molecule has 0 bridgehead atoms. The van der Waals surface area contributed by atoms with Crippen molar-refractivity contribution in [3.8, 4) is 0 Å². The average Bonchev–Trinajstić information content (AvgIpc) is 2.74. The van der Waals surface area contributed by atoms with Gasteiger partial charge in [0.15, 0.2) is 0 Å². The Morgan fingerprint density at radius 3 is 2.59 bits per heavy atom. The zero-order valence-corrected chi connectivity index (χ0v) is 11.2. The van der Waals surface area contributed by atoms with E-state index >= 15 is 0 Å². The molecule has 0 unspecified atom stereocenters. The third-order valence-electron chi connectivity index (χ3n) is 3.18. The van der Waals surface area contributed by atoms with E-state index in [1.807, 2.05) is 0 Å². The number of rotatable bonds is 4. The number of ether oxygens (including phenoxy) is 1. The van der Waals surface area contributed by atoms with Crippen LogP contribution in [0.25, 0.3) is 0 Å². The number of hydrogen-bond donors (Lipinski definition) is 4. The van der Waals surface area contributed by atoms with E-state index in [0.717, 1.165) is 18.3 Å². The smallest absolute Gasteiger partial charge is 0.394 e. The van der Waals surface area contributed by atoms with E-state index < -0.39 is 42.8 Å². The van der Waals surface area contributed by atoms with Crippen molar-refractivity contribution in [2.24, 2.45) is 5.10 Å². The number of hydrogen-bond acceptors (Lipinski definition) is 6. The monoisotopic (exact) mass is 320 g/mol. The number of halogens is 3. The maximum Gasteiger partial charge on any atom is 0.416 e. The van der Waals surface area contributed by atoms with Crippen molar-refractivity contribution in [1.29, 1.82) is 0 Å². The first-order valence-corrected chi connectivity index (χ1v) is 6.42. The molecule has 2 rings (SSSR count). The lowest BCUT2D eigenvalue weighted by molar-refractivity contribution is -0.137. The molecule has 1 aromatic rings. The number of anilines is 1. The molecule has 6 nitrogen and oxygen atoms in total. The molecule has 1 saturated heterocycles. The molecule has 0 aromatic heterocycles. The van der Waals surface area contributed by atoms with E-state index in [2.05, 4.69) is 10.5 Å². The third kappa shape index (κ3) is 3.74. The first-order valence-electron chi connectivity index (χ1n) is 6.42. The molecule has 0 amide bonds. The van der Waals surface area contributed by atoms with Crippen LogP contribution in [-0.4, -0.2) is 52.6 Å². The molecule has 22 heavy (non-hydrogen) atoms. The van der Waals surface area contributed by atoms with Gasteiger partial charge in [0.25, 0.3) is 0 Å². The van der Waals surface area contributed by atoms with Crippen LogP contribution in [0.4, 0.5) is 18.9 Å². The van der Waals surface area contributed by atoms with E-state index in [0.29, 0.717) is 0 Å². The van der Waals surface area contributed by atoms with Gasteiger partial charge in [-0.05, 0) is 18.2 Å². The highest BCUT2D eigenvalue weighted by Crippen LogP contribution is 2.30. The summed E-state index contributed by atoms with van der Waals surface area (Å²) in [5, 5.41) is 31.8. The first-order chi connectivity index (χ1) is 10.3. The molecule has 1 aliphatic heterocycles. The summed E-state index contributed by atoms with van der Waals surface area (Å²) >= 11 is 0. The molecule has 1 fully saturated rings. The first kappa shape index (κ1) is 16.7. The predicted molar refractivity (Wildman–Crippen MR) is 71.3 cm³/mol. The van der Waals surface area contributed by atoms with Crippen molar-refractivity contribution in [3.05, 3.63) is 29.8 Å². The summed E-state index contributed by atoms with van der Waals surface area (Å²) in [7, 11) is 0. The predicted octanol–water partition coefficient (Wildman–Crippen LogP) is 0.585. The van der Waals surface area contributed by atoms with Crippen LogP contribution < -0.4 is 5.43 Å². The normalized spacial score (nSPS) is 29.2. The lowest BCUT2D eigenvalue weighted by Crippen LogP contribution is -2.34. The highest BCUT2D eigenvalue weighted by molar-refractivity contribution is 5.66. The van der Waals surface area contributed by atoms with Crippen LogP contribution >= 0.6 is 0 Å². The number of aliphatic hydroxyl groups excluding tert-OH is 3. The van der Waals surface area contributed by atoms with E-state index in [4.69, 9.17) is 9.84 Å². The van der Waals surface area contributed by atoms with Gasteiger partial charge in [-0.1, -0.05) is 6.07 Å². The van der Waals surface area contributed by atoms with Crippen LogP contribution in [0.2, 0.25) is 0 Å². The summed E-state index contributed by atoms with van der Waals surface area (Å²) in [5.41, 5.74) is 1.68. The number of nitrogens with one attached hydrogen (secondary N) is 1. The van der Waals surface area contributed by atoms with Gasteiger partial charge in [-0.3, -0.25) is 5.43 Å². The van der Waals surface area contributed by atoms with Crippen LogP contribution in [0.3, 0.4) is 0 Å². The van der Waals surface area contributed by atoms with Gasteiger partial charge in [0.2, 0.25) is 0 Å². The Morgan fingerprint density at radius 2 is 2.00 bits per heavy atom. The molecular formula is C13H15F3N2O4. The van der Waals surface area contributed by atoms with Crippen molar-refractivity contribution < 1.29 is 33.2 Å². The van der Waals surface area contributed by atoms with Crippen molar-refractivity contribution in [2.75, 3.05) is 12.0 Å². The van der Waals surface area contributed by atoms with Crippen LogP contribution in [0, 0.1) is 0 Å². The zero-order chi connectivity index (χ0) is 16.3. The molecule has 1 heterocycles. The number of benzene rings is 1. The molecule has 0 spiro atoms. The molecule has 1 aromatic carbocycles. The van der Waals surface area contributed by atoms with Crippen molar-refractivity contribution >= 4 is 11.9 Å². The molecule has 0 saturated carbocycles. The second-order valence-electron chi connectivity index (χ2n) is 4.77. The van der Waals surface area contributed by atoms with Gasteiger partial charge < -0.3 is 20.1 Å². The lowest BCUT2D eigenvalue weighted by atomic mass is 10.1. The molecular weight excluding hydrogens is 305 g/mol. The third-order valence-corrected chi connectivity index (χ3v) is 3.18. The number of aliphatic hydroxyl groups is 3. The molecule has 9 heteroatoms. The van der Waals surface area contributed by atoms with Crippen LogP contribution in [0.1, 0.15) is 5.56 Å². The van der Waals surface area contributed by atoms with Gasteiger partial charge in [-0.15, -0.1) is 0 Å². The standard InChI is InChI=1S/C13H15F3N2O4/c14-13(15,16)7-2-1-3-8(4-7)18-17-5-9-11(20)12(21)10(6-19)22-9/h1-5,9-12,18-21H,6H2/b17-5+/t9-,10-,11-,12-/m1/s1. The number of hydrazone groups is 1. The van der Waals surface area contributed by atoms with Gasteiger partial charge in [0.05, 0.1) is 24.1 Å². The minimum atomic E-state index is -4.45. The molecule has 0 aliphatic carbocycles. The quantitative estimate of drug-likeness (QED) is 0.481.